The molecule has 3 aromatic rings. The van der Waals surface area contributed by atoms with Crippen LogP contribution in [0, 0.1) is 0 Å². The fourth-order valence-electron chi connectivity index (χ4n) is 6.31. The number of carbonyl (C=O) groups excluding carboxylic acids is 1. The summed E-state index contributed by atoms with van der Waals surface area (Å²) in [7, 11) is 0. The number of aryl methyl sites for hydroxylation is 2. The number of hydrogen-bond acceptors (Lipinski definition) is 5. The van der Waals surface area contributed by atoms with Gasteiger partial charge in [-0.25, -0.2) is 9.97 Å². The lowest BCUT2D eigenvalue weighted by molar-refractivity contribution is -0.143. The lowest BCUT2D eigenvalue weighted by atomic mass is 9.88. The van der Waals surface area contributed by atoms with Crippen molar-refractivity contribution in [2.45, 2.75) is 76.1 Å². The van der Waals surface area contributed by atoms with Gasteiger partial charge in [0.15, 0.2) is 0 Å². The number of anilines is 1. The highest BCUT2D eigenvalue weighted by atomic mass is 32.1. The molecule has 2 aliphatic carbocycles. The largest absolute Gasteiger partial charge is 0.416 e. The van der Waals surface area contributed by atoms with Crippen LogP contribution in [0.1, 0.15) is 88.6 Å². The van der Waals surface area contributed by atoms with Crippen molar-refractivity contribution in [3.8, 4) is 0 Å². The van der Waals surface area contributed by atoms with Gasteiger partial charge in [0.1, 0.15) is 16.5 Å². The molecule has 0 N–H and O–H groups in total. The van der Waals surface area contributed by atoms with Crippen molar-refractivity contribution >= 4 is 33.3 Å². The topological polar surface area (TPSA) is 49.3 Å². The summed E-state index contributed by atoms with van der Waals surface area (Å²) in [5.74, 6) is 1.16. The van der Waals surface area contributed by atoms with Gasteiger partial charge in [-0.15, -0.1) is 11.3 Å². The summed E-state index contributed by atoms with van der Waals surface area (Å²) in [5.41, 5.74) is -2.30. The number of rotatable bonds is 3. The van der Waals surface area contributed by atoms with Crippen molar-refractivity contribution in [3.63, 3.8) is 0 Å². The Bertz CT molecular complexity index is 1420. The molecular weight excluding hydrogens is 566 g/mol. The first kappa shape index (κ1) is 28.2. The molecule has 5 nitrogen and oxygen atoms in total. The zero-order chi connectivity index (χ0) is 28.9. The van der Waals surface area contributed by atoms with Crippen molar-refractivity contribution in [3.05, 3.63) is 51.2 Å². The van der Waals surface area contributed by atoms with Crippen LogP contribution in [0.5, 0.6) is 0 Å². The van der Waals surface area contributed by atoms with Crippen molar-refractivity contribution in [2.24, 2.45) is 0 Å². The second-order valence-corrected chi connectivity index (χ2v) is 12.3. The van der Waals surface area contributed by atoms with Crippen molar-refractivity contribution in [1.82, 2.24) is 14.9 Å². The molecular formula is C29H30F6N4OS. The average molecular weight is 597 g/mol. The second kappa shape index (κ2) is 10.7. The van der Waals surface area contributed by atoms with Gasteiger partial charge in [-0.05, 0) is 62.3 Å². The Kier molecular flexibility index (Phi) is 7.40. The van der Waals surface area contributed by atoms with E-state index in [0.717, 1.165) is 73.2 Å². The number of carbonyl (C=O) groups is 1. The summed E-state index contributed by atoms with van der Waals surface area (Å²) in [4.78, 5) is 29.1. The first-order valence-corrected chi connectivity index (χ1v) is 15.0. The maximum absolute atomic E-state index is 13.4. The van der Waals surface area contributed by atoms with Gasteiger partial charge in [0.05, 0.1) is 16.5 Å². The molecule has 0 unspecified atom stereocenters. The number of halogens is 6. The van der Waals surface area contributed by atoms with Gasteiger partial charge in [0, 0.05) is 42.5 Å². The maximum Gasteiger partial charge on any atom is 0.416 e. The third-order valence-corrected chi connectivity index (χ3v) is 9.67. The molecule has 1 aliphatic heterocycles. The molecule has 41 heavy (non-hydrogen) atoms. The Balaban J connectivity index is 1.28. The van der Waals surface area contributed by atoms with Crippen LogP contribution in [0.3, 0.4) is 0 Å². The average Bonchev–Trinajstić information content (AvgIpc) is 3.34. The Morgan fingerprint density at radius 2 is 1.44 bits per heavy atom. The van der Waals surface area contributed by atoms with Gasteiger partial charge in [0.2, 0.25) is 0 Å². The fraction of sp³-hybridized carbons (Fsp3) is 0.552. The third-order valence-electron chi connectivity index (χ3n) is 8.48. The van der Waals surface area contributed by atoms with Gasteiger partial charge in [0.25, 0.3) is 5.91 Å². The SMILES string of the molecule is O=C(c1cc(C(F)(F)F)cc(C(F)(F)F)c1)N1CCN(c2nc(C3CCCCC3)nc3sc4c(c23)CCCC4)CC1. The number of alkyl halides is 6. The van der Waals surface area contributed by atoms with E-state index in [1.165, 1.54) is 21.8 Å². The summed E-state index contributed by atoms with van der Waals surface area (Å²) in [6.07, 6.45) is -0.185. The molecule has 3 aliphatic rings. The van der Waals surface area contributed by atoms with Crippen molar-refractivity contribution < 1.29 is 31.1 Å². The van der Waals surface area contributed by atoms with Crippen LogP contribution in [0.25, 0.3) is 10.2 Å². The minimum Gasteiger partial charge on any atom is -0.352 e. The second-order valence-electron chi connectivity index (χ2n) is 11.2. The van der Waals surface area contributed by atoms with Gasteiger partial charge < -0.3 is 9.80 Å². The minimum absolute atomic E-state index is 0.0422. The normalized spacial score (nSPS) is 19.1. The highest BCUT2D eigenvalue weighted by Crippen LogP contribution is 2.42. The van der Waals surface area contributed by atoms with E-state index in [0.29, 0.717) is 31.1 Å². The molecule has 3 heterocycles. The van der Waals surface area contributed by atoms with Crippen LogP contribution < -0.4 is 4.90 Å². The number of nitrogens with zero attached hydrogens (tertiary/aromatic N) is 4. The molecule has 0 spiro atoms. The first-order valence-electron chi connectivity index (χ1n) is 14.1. The maximum atomic E-state index is 13.4. The van der Waals surface area contributed by atoms with Crippen LogP contribution in [0.4, 0.5) is 32.2 Å². The van der Waals surface area contributed by atoms with E-state index in [2.05, 4.69) is 4.90 Å². The molecule has 0 radical (unpaired) electrons. The van der Waals surface area contributed by atoms with E-state index in [9.17, 15) is 31.1 Å². The first-order chi connectivity index (χ1) is 19.5. The van der Waals surface area contributed by atoms with Gasteiger partial charge in [-0.1, -0.05) is 19.3 Å². The fourth-order valence-corrected chi connectivity index (χ4v) is 7.57. The van der Waals surface area contributed by atoms with Crippen molar-refractivity contribution in [1.29, 1.82) is 0 Å². The van der Waals surface area contributed by atoms with Gasteiger partial charge in [-0.2, -0.15) is 26.3 Å². The van der Waals surface area contributed by atoms with Crippen LogP contribution in [-0.4, -0.2) is 47.0 Å². The number of fused-ring (bicyclic) bond motifs is 3. The van der Waals surface area contributed by atoms with E-state index < -0.39 is 35.0 Å². The molecule has 0 atom stereocenters. The zero-order valence-corrected chi connectivity index (χ0v) is 23.2. The van der Waals surface area contributed by atoms with Crippen LogP contribution in [0.15, 0.2) is 18.2 Å². The minimum atomic E-state index is -5.01. The smallest absolute Gasteiger partial charge is 0.352 e. The van der Waals surface area contributed by atoms with E-state index in [1.807, 2.05) is 0 Å². The standard InChI is InChI=1S/C29H30F6N4OS/c30-28(31,32)19-14-18(15-20(16-19)29(33,34)35)27(40)39-12-10-38(11-13-39)25-23-21-8-4-5-9-22(21)41-26(23)37-24(36-25)17-6-2-1-3-7-17/h14-17H,1-13H2. The quantitative estimate of drug-likeness (QED) is 0.292. The van der Waals surface area contributed by atoms with E-state index >= 15 is 0 Å². The summed E-state index contributed by atoms with van der Waals surface area (Å²) in [6, 6.07) is 1.05. The molecule has 1 saturated heterocycles. The monoisotopic (exact) mass is 596 g/mol. The highest BCUT2D eigenvalue weighted by Gasteiger charge is 2.38. The van der Waals surface area contributed by atoms with Crippen LogP contribution in [-0.2, 0) is 25.2 Å². The number of benzene rings is 1. The number of amides is 1. The lowest BCUT2D eigenvalue weighted by Crippen LogP contribution is -2.49. The highest BCUT2D eigenvalue weighted by molar-refractivity contribution is 7.19. The summed E-state index contributed by atoms with van der Waals surface area (Å²) in [5, 5.41) is 1.07. The molecule has 220 valence electrons. The number of thiophene rings is 1. The Hall–Kier alpha value is -2.89. The zero-order valence-electron chi connectivity index (χ0n) is 22.4. The molecule has 12 heteroatoms. The molecule has 1 saturated carbocycles. The number of hydrogen-bond donors (Lipinski definition) is 0. The molecule has 2 fully saturated rings. The Labute approximate surface area is 237 Å². The van der Waals surface area contributed by atoms with Crippen molar-refractivity contribution in [2.75, 3.05) is 31.1 Å². The summed E-state index contributed by atoms with van der Waals surface area (Å²) < 4.78 is 80.2. The number of piperazine rings is 1. The van der Waals surface area contributed by atoms with E-state index in [-0.39, 0.29) is 19.2 Å². The van der Waals surface area contributed by atoms with Crippen LogP contribution in [0.2, 0.25) is 0 Å². The Morgan fingerprint density at radius 1 is 0.805 bits per heavy atom. The van der Waals surface area contributed by atoms with E-state index in [4.69, 9.17) is 9.97 Å². The number of aromatic nitrogens is 2. The van der Waals surface area contributed by atoms with Gasteiger partial charge >= 0.3 is 12.4 Å². The summed E-state index contributed by atoms with van der Waals surface area (Å²) in [6.45, 7) is 1.06. The van der Waals surface area contributed by atoms with E-state index in [1.54, 1.807) is 11.3 Å². The molecule has 2 aromatic heterocycles. The third kappa shape index (κ3) is 5.63. The molecule has 1 amide bonds. The van der Waals surface area contributed by atoms with Gasteiger partial charge in [-0.3, -0.25) is 4.79 Å². The molecule has 0 bridgehead atoms. The summed E-state index contributed by atoms with van der Waals surface area (Å²) >= 11 is 1.74. The Morgan fingerprint density at radius 3 is 2.07 bits per heavy atom. The molecule has 6 rings (SSSR count). The van der Waals surface area contributed by atoms with Crippen LogP contribution >= 0.6 is 11.3 Å². The predicted octanol–water partition coefficient (Wildman–Crippen LogP) is 7.62. The predicted molar refractivity (Wildman–Crippen MR) is 144 cm³/mol. The molecule has 1 aromatic carbocycles. The lowest BCUT2D eigenvalue weighted by Gasteiger charge is -2.36.